The largest absolute Gasteiger partial charge is 0.480 e. The Morgan fingerprint density at radius 3 is 3.05 bits per heavy atom. The Kier molecular flexibility index (Phi) is 3.84. The SMILES string of the molecule is CC(N)CCC(=O)N1Cc2[nH]cnc2CC1C(=O)O. The second kappa shape index (κ2) is 5.40. The van der Waals surface area contributed by atoms with Gasteiger partial charge in [-0.2, -0.15) is 0 Å². The number of carbonyl (C=O) groups is 2. The van der Waals surface area contributed by atoms with Crippen LogP contribution in [-0.2, 0) is 22.6 Å². The zero-order chi connectivity index (χ0) is 14.0. The Balaban J connectivity index is 2.13. The van der Waals surface area contributed by atoms with Crippen molar-refractivity contribution in [3.8, 4) is 0 Å². The minimum atomic E-state index is -0.997. The molecule has 0 fully saturated rings. The Morgan fingerprint density at radius 2 is 2.42 bits per heavy atom. The van der Waals surface area contributed by atoms with Gasteiger partial charge in [0.05, 0.1) is 24.3 Å². The molecule has 1 amide bonds. The number of aromatic nitrogens is 2. The quantitative estimate of drug-likeness (QED) is 0.703. The average molecular weight is 266 g/mol. The van der Waals surface area contributed by atoms with Crippen LogP contribution in [-0.4, -0.2) is 43.9 Å². The van der Waals surface area contributed by atoms with Crippen molar-refractivity contribution in [3.63, 3.8) is 0 Å². The third kappa shape index (κ3) is 2.93. The molecule has 7 heteroatoms. The second-order valence-corrected chi connectivity index (χ2v) is 4.92. The zero-order valence-electron chi connectivity index (χ0n) is 10.8. The number of carbonyl (C=O) groups excluding carboxylic acids is 1. The van der Waals surface area contributed by atoms with Crippen molar-refractivity contribution >= 4 is 11.9 Å². The lowest BCUT2D eigenvalue weighted by molar-refractivity contribution is -0.151. The van der Waals surface area contributed by atoms with E-state index in [1.807, 2.05) is 6.92 Å². The number of hydrogen-bond acceptors (Lipinski definition) is 4. The number of fused-ring (bicyclic) bond motifs is 1. The monoisotopic (exact) mass is 266 g/mol. The fourth-order valence-corrected chi connectivity index (χ4v) is 2.21. The number of nitrogens with zero attached hydrogens (tertiary/aromatic N) is 2. The summed E-state index contributed by atoms with van der Waals surface area (Å²) in [5, 5.41) is 9.24. The molecule has 0 aromatic carbocycles. The van der Waals surface area contributed by atoms with Gasteiger partial charge in [0.2, 0.25) is 5.91 Å². The van der Waals surface area contributed by atoms with Crippen LogP contribution in [0.15, 0.2) is 6.33 Å². The number of nitrogens with one attached hydrogen (secondary N) is 1. The van der Waals surface area contributed by atoms with E-state index in [0.717, 1.165) is 11.4 Å². The summed E-state index contributed by atoms with van der Waals surface area (Å²) >= 11 is 0. The van der Waals surface area contributed by atoms with Crippen LogP contribution >= 0.6 is 0 Å². The number of nitrogens with two attached hydrogens (primary N) is 1. The maximum Gasteiger partial charge on any atom is 0.326 e. The first-order valence-electron chi connectivity index (χ1n) is 6.28. The van der Waals surface area contributed by atoms with Gasteiger partial charge in [0.1, 0.15) is 6.04 Å². The van der Waals surface area contributed by atoms with Crippen molar-refractivity contribution in [1.29, 1.82) is 0 Å². The van der Waals surface area contributed by atoms with Gasteiger partial charge in [-0.15, -0.1) is 0 Å². The molecular formula is C12H18N4O3. The summed E-state index contributed by atoms with van der Waals surface area (Å²) in [7, 11) is 0. The topological polar surface area (TPSA) is 112 Å². The number of H-pyrrole nitrogens is 1. The molecule has 1 aromatic heterocycles. The Hall–Kier alpha value is -1.89. The van der Waals surface area contributed by atoms with Crippen molar-refractivity contribution in [2.75, 3.05) is 0 Å². The summed E-state index contributed by atoms with van der Waals surface area (Å²) in [5.41, 5.74) is 7.16. The number of amides is 1. The van der Waals surface area contributed by atoms with E-state index in [9.17, 15) is 14.7 Å². The zero-order valence-corrected chi connectivity index (χ0v) is 10.8. The molecule has 0 bridgehead atoms. The summed E-state index contributed by atoms with van der Waals surface area (Å²) in [5.74, 6) is -1.17. The molecule has 1 aromatic rings. The molecule has 19 heavy (non-hydrogen) atoms. The third-order valence-electron chi connectivity index (χ3n) is 3.32. The lowest BCUT2D eigenvalue weighted by Crippen LogP contribution is -2.48. The number of rotatable bonds is 4. The number of aliphatic carboxylic acids is 1. The van der Waals surface area contributed by atoms with Crippen molar-refractivity contribution in [1.82, 2.24) is 14.9 Å². The molecule has 2 atom stereocenters. The van der Waals surface area contributed by atoms with Gasteiger partial charge in [-0.25, -0.2) is 9.78 Å². The maximum atomic E-state index is 12.1. The summed E-state index contributed by atoms with van der Waals surface area (Å²) in [6.07, 6.45) is 2.60. The van der Waals surface area contributed by atoms with Crippen LogP contribution in [0, 0.1) is 0 Å². The Labute approximate surface area is 110 Å². The number of imidazole rings is 1. The first-order chi connectivity index (χ1) is 8.99. The molecular weight excluding hydrogens is 248 g/mol. The van der Waals surface area contributed by atoms with Crippen LogP contribution in [0.2, 0.25) is 0 Å². The van der Waals surface area contributed by atoms with E-state index in [2.05, 4.69) is 9.97 Å². The molecule has 2 heterocycles. The minimum Gasteiger partial charge on any atom is -0.480 e. The molecule has 1 aliphatic rings. The minimum absolute atomic E-state index is 0.0697. The van der Waals surface area contributed by atoms with Gasteiger partial charge < -0.3 is 20.7 Å². The molecule has 4 N–H and O–H groups in total. The molecule has 2 rings (SSSR count). The van der Waals surface area contributed by atoms with Gasteiger partial charge >= 0.3 is 5.97 Å². The van der Waals surface area contributed by atoms with E-state index in [-0.39, 0.29) is 31.3 Å². The van der Waals surface area contributed by atoms with Gasteiger partial charge in [-0.3, -0.25) is 4.79 Å². The average Bonchev–Trinajstić information content (AvgIpc) is 2.81. The van der Waals surface area contributed by atoms with Gasteiger partial charge in [0.15, 0.2) is 0 Å². The highest BCUT2D eigenvalue weighted by Gasteiger charge is 2.35. The Bertz CT molecular complexity index is 483. The van der Waals surface area contributed by atoms with Crippen LogP contribution in [0.4, 0.5) is 0 Å². The molecule has 7 nitrogen and oxygen atoms in total. The summed E-state index contributed by atoms with van der Waals surface area (Å²) in [4.78, 5) is 31.8. The van der Waals surface area contributed by atoms with Crippen molar-refractivity contribution in [2.45, 2.75) is 44.8 Å². The van der Waals surface area contributed by atoms with Crippen molar-refractivity contribution in [2.24, 2.45) is 5.73 Å². The highest BCUT2D eigenvalue weighted by Crippen LogP contribution is 2.22. The molecule has 2 unspecified atom stereocenters. The normalized spacial score (nSPS) is 19.9. The number of carboxylic acid groups (broad SMARTS) is 1. The van der Waals surface area contributed by atoms with E-state index >= 15 is 0 Å². The van der Waals surface area contributed by atoms with Gasteiger partial charge in [-0.1, -0.05) is 0 Å². The van der Waals surface area contributed by atoms with E-state index in [4.69, 9.17) is 5.73 Å². The fraction of sp³-hybridized carbons (Fsp3) is 0.583. The first-order valence-corrected chi connectivity index (χ1v) is 6.28. The second-order valence-electron chi connectivity index (χ2n) is 4.92. The fourth-order valence-electron chi connectivity index (χ4n) is 2.21. The first kappa shape index (κ1) is 13.5. The number of aromatic amines is 1. The van der Waals surface area contributed by atoms with Crippen LogP contribution in [0.25, 0.3) is 0 Å². The van der Waals surface area contributed by atoms with Gasteiger partial charge in [-0.05, 0) is 13.3 Å². The predicted octanol–water partition coefficient (Wildman–Crippen LogP) is -0.125. The maximum absolute atomic E-state index is 12.1. The van der Waals surface area contributed by atoms with E-state index < -0.39 is 12.0 Å². The van der Waals surface area contributed by atoms with Crippen LogP contribution < -0.4 is 5.73 Å². The summed E-state index contributed by atoms with van der Waals surface area (Å²) in [6, 6.07) is -0.906. The van der Waals surface area contributed by atoms with E-state index in [0.29, 0.717) is 6.42 Å². The van der Waals surface area contributed by atoms with E-state index in [1.54, 1.807) is 0 Å². The lowest BCUT2D eigenvalue weighted by atomic mass is 10.0. The highest BCUT2D eigenvalue weighted by molar-refractivity contribution is 5.84. The summed E-state index contributed by atoms with van der Waals surface area (Å²) in [6.45, 7) is 2.09. The predicted molar refractivity (Wildman–Crippen MR) is 67.1 cm³/mol. The number of carboxylic acids is 1. The third-order valence-corrected chi connectivity index (χ3v) is 3.32. The molecule has 0 aliphatic carbocycles. The Morgan fingerprint density at radius 1 is 1.68 bits per heavy atom. The molecule has 1 aliphatic heterocycles. The molecule has 0 radical (unpaired) electrons. The van der Waals surface area contributed by atoms with Crippen LogP contribution in [0.3, 0.4) is 0 Å². The van der Waals surface area contributed by atoms with E-state index in [1.165, 1.54) is 11.2 Å². The smallest absolute Gasteiger partial charge is 0.326 e. The van der Waals surface area contributed by atoms with Gasteiger partial charge in [0, 0.05) is 18.9 Å². The van der Waals surface area contributed by atoms with Crippen molar-refractivity contribution in [3.05, 3.63) is 17.7 Å². The standard InChI is InChI=1S/C12H18N4O3/c1-7(13)2-3-11(17)16-5-9-8(14-6-15-9)4-10(16)12(18)19/h6-7,10H,2-5,13H2,1H3,(H,14,15)(H,18,19). The highest BCUT2D eigenvalue weighted by atomic mass is 16.4. The molecule has 104 valence electrons. The lowest BCUT2D eigenvalue weighted by Gasteiger charge is -2.32. The van der Waals surface area contributed by atoms with Crippen molar-refractivity contribution < 1.29 is 14.7 Å². The summed E-state index contributed by atoms with van der Waals surface area (Å²) < 4.78 is 0. The van der Waals surface area contributed by atoms with Gasteiger partial charge in [0.25, 0.3) is 0 Å². The van der Waals surface area contributed by atoms with Crippen LogP contribution in [0.5, 0.6) is 0 Å². The number of hydrogen-bond donors (Lipinski definition) is 3. The molecule has 0 spiro atoms. The molecule has 0 saturated carbocycles. The molecule has 0 saturated heterocycles. The van der Waals surface area contributed by atoms with Crippen LogP contribution in [0.1, 0.15) is 31.2 Å².